The minimum atomic E-state index is 0.363. The van der Waals surface area contributed by atoms with E-state index < -0.39 is 0 Å². The normalized spacial score (nSPS) is 18.0. The van der Waals surface area contributed by atoms with Crippen LogP contribution in [-0.4, -0.2) is 16.1 Å². The van der Waals surface area contributed by atoms with E-state index in [1.54, 1.807) is 6.20 Å². The van der Waals surface area contributed by atoms with Crippen LogP contribution in [0.4, 0.5) is 0 Å². The maximum Gasteiger partial charge on any atom is 0.232 e. The van der Waals surface area contributed by atoms with Gasteiger partial charge in [-0.15, -0.1) is 0 Å². The zero-order valence-electron chi connectivity index (χ0n) is 6.86. The van der Waals surface area contributed by atoms with Crippen molar-refractivity contribution in [3.63, 3.8) is 0 Å². The van der Waals surface area contributed by atoms with Crippen LogP contribution in [-0.2, 0) is 0 Å². The van der Waals surface area contributed by atoms with E-state index in [2.05, 4.69) is 16.2 Å². The Bertz CT molecular complexity index is 232. The molecule has 0 bridgehead atoms. The van der Waals surface area contributed by atoms with Gasteiger partial charge in [-0.2, -0.15) is 0 Å². The lowest BCUT2D eigenvalue weighted by molar-refractivity contribution is 0.200. The van der Waals surface area contributed by atoms with E-state index in [1.807, 2.05) is 0 Å². The molecular formula is C9H11N2O. The molecule has 0 unspecified atom stereocenters. The first-order chi connectivity index (χ1) is 5.95. The van der Waals surface area contributed by atoms with Gasteiger partial charge >= 0.3 is 0 Å². The molecule has 1 aliphatic rings. The van der Waals surface area contributed by atoms with Gasteiger partial charge in [0.25, 0.3) is 0 Å². The Morgan fingerprint density at radius 1 is 1.42 bits per heavy atom. The third-order valence-corrected chi connectivity index (χ3v) is 2.09. The van der Waals surface area contributed by atoms with Crippen molar-refractivity contribution >= 4 is 0 Å². The van der Waals surface area contributed by atoms with E-state index in [0.717, 1.165) is 12.8 Å². The van der Waals surface area contributed by atoms with Gasteiger partial charge in [-0.25, -0.2) is 9.97 Å². The monoisotopic (exact) mass is 163 g/mol. The highest BCUT2D eigenvalue weighted by Crippen LogP contribution is 2.21. The predicted molar refractivity (Wildman–Crippen MR) is 43.8 cm³/mol. The fraction of sp³-hybridized carbons (Fsp3) is 0.556. The Kier molecular flexibility index (Phi) is 2.21. The fourth-order valence-electron chi connectivity index (χ4n) is 1.49. The molecule has 1 heterocycles. The SMILES string of the molecule is [c]1cnc(OC2CCCC2)cn1. The molecule has 0 N–H and O–H groups in total. The number of hydrogen-bond donors (Lipinski definition) is 0. The van der Waals surface area contributed by atoms with Gasteiger partial charge in [0.1, 0.15) is 12.3 Å². The number of ether oxygens (including phenoxy) is 1. The Balaban J connectivity index is 1.94. The van der Waals surface area contributed by atoms with E-state index >= 15 is 0 Å². The van der Waals surface area contributed by atoms with Gasteiger partial charge in [-0.1, -0.05) is 0 Å². The summed E-state index contributed by atoms with van der Waals surface area (Å²) in [6.45, 7) is 0. The maximum absolute atomic E-state index is 5.58. The number of rotatable bonds is 2. The molecule has 1 aromatic rings. The highest BCUT2D eigenvalue weighted by molar-refractivity contribution is 5.01. The molecule has 1 saturated carbocycles. The van der Waals surface area contributed by atoms with Crippen LogP contribution in [0.2, 0.25) is 0 Å². The van der Waals surface area contributed by atoms with Gasteiger partial charge in [0.2, 0.25) is 5.88 Å². The zero-order chi connectivity index (χ0) is 8.23. The van der Waals surface area contributed by atoms with Crippen LogP contribution in [0, 0.1) is 6.20 Å². The maximum atomic E-state index is 5.58. The van der Waals surface area contributed by atoms with Crippen LogP contribution in [0.15, 0.2) is 12.4 Å². The Morgan fingerprint density at radius 3 is 2.92 bits per heavy atom. The van der Waals surface area contributed by atoms with Crippen LogP contribution >= 0.6 is 0 Å². The molecule has 3 heteroatoms. The van der Waals surface area contributed by atoms with Crippen molar-refractivity contribution in [3.05, 3.63) is 18.6 Å². The lowest BCUT2D eigenvalue weighted by atomic mass is 10.3. The second kappa shape index (κ2) is 3.52. The summed E-state index contributed by atoms with van der Waals surface area (Å²) in [6.07, 6.45) is 11.0. The summed E-state index contributed by atoms with van der Waals surface area (Å²) >= 11 is 0. The van der Waals surface area contributed by atoms with Crippen molar-refractivity contribution in [2.75, 3.05) is 0 Å². The Labute approximate surface area is 71.8 Å². The molecule has 1 aliphatic carbocycles. The smallest absolute Gasteiger partial charge is 0.232 e. The summed E-state index contributed by atoms with van der Waals surface area (Å²) in [4.78, 5) is 7.82. The van der Waals surface area contributed by atoms with Gasteiger partial charge in [-0.05, 0) is 25.7 Å². The first kappa shape index (κ1) is 7.53. The molecular weight excluding hydrogens is 152 g/mol. The summed E-state index contributed by atoms with van der Waals surface area (Å²) in [5, 5.41) is 0. The quantitative estimate of drug-likeness (QED) is 0.664. The summed E-state index contributed by atoms with van der Waals surface area (Å²) < 4.78 is 5.58. The number of nitrogens with zero attached hydrogens (tertiary/aromatic N) is 2. The molecule has 0 atom stereocenters. The van der Waals surface area contributed by atoms with E-state index in [0.29, 0.717) is 12.0 Å². The molecule has 2 rings (SSSR count). The molecule has 1 radical (unpaired) electrons. The first-order valence-corrected chi connectivity index (χ1v) is 4.30. The van der Waals surface area contributed by atoms with Crippen LogP contribution in [0.3, 0.4) is 0 Å². The summed E-state index contributed by atoms with van der Waals surface area (Å²) in [6, 6.07) is 0. The molecule has 0 saturated heterocycles. The molecule has 3 nitrogen and oxygen atoms in total. The van der Waals surface area contributed by atoms with Crippen molar-refractivity contribution in [2.45, 2.75) is 31.8 Å². The van der Waals surface area contributed by atoms with E-state index in [4.69, 9.17) is 4.74 Å². The summed E-state index contributed by atoms with van der Waals surface area (Å²) in [5.74, 6) is 0.626. The molecule has 1 fully saturated rings. The average Bonchev–Trinajstić information content (AvgIpc) is 2.59. The number of aromatic nitrogens is 2. The minimum absolute atomic E-state index is 0.363. The second-order valence-corrected chi connectivity index (χ2v) is 3.01. The minimum Gasteiger partial charge on any atom is -0.473 e. The summed E-state index contributed by atoms with van der Waals surface area (Å²) in [7, 11) is 0. The van der Waals surface area contributed by atoms with Gasteiger partial charge in [0, 0.05) is 0 Å². The van der Waals surface area contributed by atoms with E-state index in [9.17, 15) is 0 Å². The number of hydrogen-bond acceptors (Lipinski definition) is 3. The van der Waals surface area contributed by atoms with Crippen LogP contribution < -0.4 is 4.74 Å². The topological polar surface area (TPSA) is 35.0 Å². The third-order valence-electron chi connectivity index (χ3n) is 2.09. The van der Waals surface area contributed by atoms with E-state index in [-0.39, 0.29) is 0 Å². The molecule has 1 aromatic heterocycles. The summed E-state index contributed by atoms with van der Waals surface area (Å²) in [5.41, 5.74) is 0. The van der Waals surface area contributed by atoms with Crippen molar-refractivity contribution in [1.29, 1.82) is 0 Å². The largest absolute Gasteiger partial charge is 0.473 e. The molecule has 0 amide bonds. The lowest BCUT2D eigenvalue weighted by Gasteiger charge is -2.10. The van der Waals surface area contributed by atoms with E-state index in [1.165, 1.54) is 19.0 Å². The fourth-order valence-corrected chi connectivity index (χ4v) is 1.49. The van der Waals surface area contributed by atoms with Gasteiger partial charge in [0.15, 0.2) is 0 Å². The molecule has 63 valence electrons. The second-order valence-electron chi connectivity index (χ2n) is 3.01. The first-order valence-electron chi connectivity index (χ1n) is 4.30. The van der Waals surface area contributed by atoms with Crippen molar-refractivity contribution < 1.29 is 4.74 Å². The van der Waals surface area contributed by atoms with Crippen molar-refractivity contribution in [3.8, 4) is 5.88 Å². The molecule has 12 heavy (non-hydrogen) atoms. The molecule has 0 aromatic carbocycles. The van der Waals surface area contributed by atoms with Crippen LogP contribution in [0.5, 0.6) is 5.88 Å². The molecule has 0 aliphatic heterocycles. The van der Waals surface area contributed by atoms with Gasteiger partial charge in [0.05, 0.1) is 12.4 Å². The average molecular weight is 163 g/mol. The van der Waals surface area contributed by atoms with Crippen LogP contribution in [0.1, 0.15) is 25.7 Å². The zero-order valence-corrected chi connectivity index (χ0v) is 6.86. The highest BCUT2D eigenvalue weighted by atomic mass is 16.5. The van der Waals surface area contributed by atoms with Gasteiger partial charge < -0.3 is 4.74 Å². The standard InChI is InChI=1S/C9H11N2O/c1-2-4-8(3-1)12-9-7-10-5-6-11-9/h6-8H,1-4H2. The Hall–Kier alpha value is -1.12. The third kappa shape index (κ3) is 1.72. The van der Waals surface area contributed by atoms with Crippen molar-refractivity contribution in [2.24, 2.45) is 0 Å². The highest BCUT2D eigenvalue weighted by Gasteiger charge is 2.16. The lowest BCUT2D eigenvalue weighted by Crippen LogP contribution is -2.11. The van der Waals surface area contributed by atoms with Crippen LogP contribution in [0.25, 0.3) is 0 Å². The Morgan fingerprint density at radius 2 is 2.25 bits per heavy atom. The van der Waals surface area contributed by atoms with Crippen molar-refractivity contribution in [1.82, 2.24) is 9.97 Å². The predicted octanol–water partition coefficient (Wildman–Crippen LogP) is 1.60. The molecule has 0 spiro atoms. The van der Waals surface area contributed by atoms with Gasteiger partial charge in [-0.3, -0.25) is 0 Å².